The summed E-state index contributed by atoms with van der Waals surface area (Å²) in [4.78, 5) is 26.8. The molecule has 6 N–H and O–H groups in total. The number of aliphatic imine (C=N–C) groups is 1. The molecule has 0 bridgehead atoms. The summed E-state index contributed by atoms with van der Waals surface area (Å²) in [5, 5.41) is 10.9. The third-order valence-electron chi connectivity index (χ3n) is 6.01. The molecule has 8 nitrogen and oxygen atoms in total. The van der Waals surface area contributed by atoms with Crippen molar-refractivity contribution < 1.29 is 19.1 Å². The van der Waals surface area contributed by atoms with Crippen molar-refractivity contribution in [2.75, 3.05) is 45.9 Å². The largest absolute Gasteiger partial charge is 0.400 e. The summed E-state index contributed by atoms with van der Waals surface area (Å²) >= 11 is 1.64. The first kappa shape index (κ1) is 40.2. The summed E-state index contributed by atoms with van der Waals surface area (Å²) in [6, 6.07) is 9.78. The molecule has 232 valence electrons. The zero-order chi connectivity index (χ0) is 31.5. The number of rotatable bonds is 9. The number of alkyl halides is 1. The fourth-order valence-electron chi connectivity index (χ4n) is 3.53. The van der Waals surface area contributed by atoms with Crippen LogP contribution in [0.4, 0.5) is 10.1 Å². The van der Waals surface area contributed by atoms with E-state index >= 15 is 0 Å². The van der Waals surface area contributed by atoms with Crippen LogP contribution in [0.25, 0.3) is 0 Å². The van der Waals surface area contributed by atoms with Gasteiger partial charge in [0.05, 0.1) is 12.2 Å². The van der Waals surface area contributed by atoms with E-state index in [0.717, 1.165) is 63.5 Å². The lowest BCUT2D eigenvalue weighted by Gasteiger charge is -2.30. The molecule has 1 heterocycles. The van der Waals surface area contributed by atoms with E-state index in [0.29, 0.717) is 11.2 Å². The van der Waals surface area contributed by atoms with Crippen LogP contribution in [0.1, 0.15) is 46.5 Å². The summed E-state index contributed by atoms with van der Waals surface area (Å²) in [6.07, 6.45) is 16.2. The normalized spacial score (nSPS) is 19.3. The van der Waals surface area contributed by atoms with Crippen molar-refractivity contribution >= 4 is 35.3 Å². The zero-order valence-electron chi connectivity index (χ0n) is 25.6. The third-order valence-corrected chi connectivity index (χ3v) is 6.81. The van der Waals surface area contributed by atoms with Gasteiger partial charge in [-0.3, -0.25) is 14.2 Å². The highest BCUT2D eigenvalue weighted by molar-refractivity contribution is 8.13. The SMILES string of the molecule is CCC(C=O)CCCN(C)C=O.CCF.CNC1C=CC=C(C2(C)CCSC(N)=N2)C=C1.CO.Nc1ccccc1. The standard InChI is InChI=1S/C13H19N3S.C9H17NO2.C6H7N.C2H5F.CH4O/c1-13(8-9-17-12(14)16-13)10-4-3-5-11(15-2)7-6-10;1-3-9(7-11)5-4-6-10(2)8-12;7-6-4-2-1-3-5-6;1-2-3;1-2/h3-7,11,15H,8-9H2,1-2H3,(H2,14,16);7-9H,3-6H2,1-2H3;1-5H,7H2;2H2,1H3;2H,1H3. The molecule has 1 aliphatic carbocycles. The van der Waals surface area contributed by atoms with Gasteiger partial charge in [0.2, 0.25) is 6.41 Å². The van der Waals surface area contributed by atoms with Crippen LogP contribution in [0.3, 0.4) is 0 Å². The number of nitrogens with one attached hydrogen (secondary N) is 1. The molecular formula is C31H52FN5O3S. The molecule has 0 radical (unpaired) electrons. The molecule has 0 saturated heterocycles. The number of anilines is 1. The Morgan fingerprint density at radius 2 is 1.85 bits per heavy atom. The number of amides is 1. The number of hydrogen-bond acceptors (Lipinski definition) is 8. The van der Waals surface area contributed by atoms with E-state index < -0.39 is 0 Å². The van der Waals surface area contributed by atoms with E-state index in [1.165, 1.54) is 12.5 Å². The van der Waals surface area contributed by atoms with Gasteiger partial charge in [0.25, 0.3) is 0 Å². The lowest BCUT2D eigenvalue weighted by atomic mass is 9.89. The van der Waals surface area contributed by atoms with Crippen molar-refractivity contribution in [2.24, 2.45) is 16.6 Å². The van der Waals surface area contributed by atoms with Gasteiger partial charge >= 0.3 is 0 Å². The topological polar surface area (TPSA) is 134 Å². The number of carbonyl (C=O) groups is 2. The number of aliphatic hydroxyl groups excluding tert-OH is 1. The summed E-state index contributed by atoms with van der Waals surface area (Å²) < 4.78 is 10.3. The number of aldehydes is 1. The highest BCUT2D eigenvalue weighted by Gasteiger charge is 2.30. The molecule has 41 heavy (non-hydrogen) atoms. The summed E-state index contributed by atoms with van der Waals surface area (Å²) in [6.45, 7) is 6.11. The minimum Gasteiger partial charge on any atom is -0.400 e. The number of allylic oxidation sites excluding steroid dienone is 2. The predicted molar refractivity (Wildman–Crippen MR) is 175 cm³/mol. The van der Waals surface area contributed by atoms with Crippen LogP contribution in [-0.4, -0.2) is 79.6 Å². The number of halogens is 1. The number of carbonyl (C=O) groups excluding carboxylic acids is 2. The Kier molecular flexibility index (Phi) is 25.5. The molecule has 10 heteroatoms. The zero-order valence-corrected chi connectivity index (χ0v) is 26.4. The molecule has 0 saturated carbocycles. The monoisotopic (exact) mass is 593 g/mol. The van der Waals surface area contributed by atoms with E-state index in [4.69, 9.17) is 16.6 Å². The third kappa shape index (κ3) is 19.7. The number of nitrogen functional groups attached to an aromatic ring is 1. The maximum Gasteiger partial charge on any atom is 0.209 e. The van der Waals surface area contributed by atoms with E-state index in [1.54, 1.807) is 23.7 Å². The van der Waals surface area contributed by atoms with Crippen molar-refractivity contribution in [1.29, 1.82) is 0 Å². The number of amidine groups is 1. The molecule has 3 atom stereocenters. The van der Waals surface area contributed by atoms with Crippen molar-refractivity contribution in [3.05, 3.63) is 66.3 Å². The molecule has 1 aromatic carbocycles. The molecule has 3 rings (SSSR count). The van der Waals surface area contributed by atoms with E-state index in [-0.39, 0.29) is 18.1 Å². The van der Waals surface area contributed by atoms with Gasteiger partial charge in [-0.05, 0) is 64.3 Å². The van der Waals surface area contributed by atoms with Crippen LogP contribution in [0.15, 0.2) is 71.3 Å². The second kappa shape index (κ2) is 26.0. The van der Waals surface area contributed by atoms with Gasteiger partial charge in [0.15, 0.2) is 5.17 Å². The minimum atomic E-state index is -0.250. The number of hydrogen-bond donors (Lipinski definition) is 4. The summed E-state index contributed by atoms with van der Waals surface area (Å²) in [5.74, 6) is 1.21. The molecule has 2 aliphatic rings. The van der Waals surface area contributed by atoms with Crippen LogP contribution in [-0.2, 0) is 9.59 Å². The van der Waals surface area contributed by atoms with Gasteiger partial charge in [0, 0.05) is 44.1 Å². The Morgan fingerprint density at radius 3 is 2.32 bits per heavy atom. The Balaban J connectivity index is 0. The second-order valence-corrected chi connectivity index (χ2v) is 10.3. The summed E-state index contributed by atoms with van der Waals surface area (Å²) in [5.41, 5.74) is 13.1. The maximum atomic E-state index is 10.4. The highest BCUT2D eigenvalue weighted by atomic mass is 32.2. The molecule has 0 spiro atoms. The van der Waals surface area contributed by atoms with Crippen LogP contribution in [0, 0.1) is 5.92 Å². The molecule has 0 fully saturated rings. The van der Waals surface area contributed by atoms with Gasteiger partial charge in [0.1, 0.15) is 6.29 Å². The summed E-state index contributed by atoms with van der Waals surface area (Å²) in [7, 11) is 4.70. The molecule has 1 aromatic rings. The van der Waals surface area contributed by atoms with Gasteiger partial charge in [-0.15, -0.1) is 0 Å². The maximum absolute atomic E-state index is 10.4. The van der Waals surface area contributed by atoms with Crippen molar-refractivity contribution in [3.63, 3.8) is 0 Å². The van der Waals surface area contributed by atoms with Crippen molar-refractivity contribution in [2.45, 2.75) is 58.0 Å². The molecule has 3 unspecified atom stereocenters. The Bertz CT molecular complexity index is 928. The molecular weight excluding hydrogens is 541 g/mol. The van der Waals surface area contributed by atoms with Gasteiger partial charge in [-0.25, -0.2) is 0 Å². The molecule has 1 aliphatic heterocycles. The fourth-order valence-corrected chi connectivity index (χ4v) is 4.50. The average Bonchev–Trinajstić information content (AvgIpc) is 3.24. The lowest BCUT2D eigenvalue weighted by molar-refractivity contribution is -0.117. The fraction of sp³-hybridized carbons (Fsp3) is 0.516. The molecule has 1 amide bonds. The van der Waals surface area contributed by atoms with Crippen molar-refractivity contribution in [3.8, 4) is 0 Å². The number of nitrogens with zero attached hydrogens (tertiary/aromatic N) is 2. The number of likely N-dealkylation sites (N-methyl/N-ethyl adjacent to an activating group) is 1. The number of thioether (sulfide) groups is 1. The molecule has 0 aromatic heterocycles. The van der Waals surface area contributed by atoms with E-state index in [1.807, 2.05) is 44.3 Å². The van der Waals surface area contributed by atoms with E-state index in [9.17, 15) is 14.0 Å². The van der Waals surface area contributed by atoms with Crippen LogP contribution in [0.5, 0.6) is 0 Å². The van der Waals surface area contributed by atoms with Crippen LogP contribution < -0.4 is 16.8 Å². The number of nitrogens with two attached hydrogens (primary N) is 2. The lowest BCUT2D eigenvalue weighted by Crippen LogP contribution is -2.32. The smallest absolute Gasteiger partial charge is 0.209 e. The Morgan fingerprint density at radius 1 is 1.22 bits per heavy atom. The Labute approximate surface area is 251 Å². The first-order valence-corrected chi connectivity index (χ1v) is 14.8. The Hall–Kier alpha value is -2.95. The van der Waals surface area contributed by atoms with Gasteiger partial charge in [-0.1, -0.05) is 67.3 Å². The average molecular weight is 594 g/mol. The highest BCUT2D eigenvalue weighted by Crippen LogP contribution is 2.33. The minimum absolute atomic E-state index is 0.168. The number of aliphatic hydroxyl groups is 1. The van der Waals surface area contributed by atoms with Gasteiger partial charge in [-0.2, -0.15) is 0 Å². The van der Waals surface area contributed by atoms with Gasteiger partial charge < -0.3 is 31.6 Å². The second-order valence-electron chi connectivity index (χ2n) is 9.21. The van der Waals surface area contributed by atoms with E-state index in [2.05, 4.69) is 47.6 Å². The van der Waals surface area contributed by atoms with Crippen molar-refractivity contribution in [1.82, 2.24) is 10.2 Å². The number of benzene rings is 1. The number of para-hydroxylation sites is 1. The quantitative estimate of drug-likeness (QED) is 0.239. The first-order chi connectivity index (χ1) is 19.7. The predicted octanol–water partition coefficient (Wildman–Crippen LogP) is 4.77. The first-order valence-electron chi connectivity index (χ1n) is 13.8. The van der Waals surface area contributed by atoms with Crippen LogP contribution in [0.2, 0.25) is 0 Å². The van der Waals surface area contributed by atoms with Crippen LogP contribution >= 0.6 is 11.8 Å².